The quantitative estimate of drug-likeness (QED) is 0.637. The Labute approximate surface area is 71.9 Å². The molecule has 0 amide bonds. The van der Waals surface area contributed by atoms with Crippen molar-refractivity contribution in [3.8, 4) is 6.07 Å². The van der Waals surface area contributed by atoms with Gasteiger partial charge in [-0.1, -0.05) is 24.3 Å². The van der Waals surface area contributed by atoms with Gasteiger partial charge in [0.1, 0.15) is 6.07 Å². The first kappa shape index (κ1) is 8.35. The summed E-state index contributed by atoms with van der Waals surface area (Å²) in [4.78, 5) is 0. The molecule has 0 aliphatic carbocycles. The zero-order valence-electron chi connectivity index (χ0n) is 6.91. The van der Waals surface area contributed by atoms with Crippen LogP contribution in [0.1, 0.15) is 18.1 Å². The lowest BCUT2D eigenvalue weighted by Gasteiger charge is -1.99. The smallest absolute Gasteiger partial charge is 0.102 e. The highest BCUT2D eigenvalue weighted by atomic mass is 14.6. The lowest BCUT2D eigenvalue weighted by Crippen LogP contribution is -1.91. The summed E-state index contributed by atoms with van der Waals surface area (Å²) in [6.07, 6.45) is 3.75. The summed E-state index contributed by atoms with van der Waals surface area (Å²) < 4.78 is 0. The van der Waals surface area contributed by atoms with Gasteiger partial charge in [-0.2, -0.15) is 5.26 Å². The summed E-state index contributed by atoms with van der Waals surface area (Å²) in [6, 6.07) is 7.51. The summed E-state index contributed by atoms with van der Waals surface area (Å²) in [5.41, 5.74) is 7.57. The average molecular weight is 158 g/mol. The number of nitrogens with two attached hydrogens (primary N) is 1. The summed E-state index contributed by atoms with van der Waals surface area (Å²) in [5.74, 6) is 0. The van der Waals surface area contributed by atoms with Crippen LogP contribution in [0.25, 0.3) is 6.08 Å². The van der Waals surface area contributed by atoms with Gasteiger partial charge in [0.2, 0.25) is 0 Å². The van der Waals surface area contributed by atoms with Gasteiger partial charge in [-0.05, 0) is 18.6 Å². The van der Waals surface area contributed by atoms with Crippen molar-refractivity contribution in [2.45, 2.75) is 6.92 Å². The molecular weight excluding hydrogens is 148 g/mol. The largest absolute Gasteiger partial charge is 0.398 e. The first-order valence-corrected chi connectivity index (χ1v) is 3.71. The van der Waals surface area contributed by atoms with Crippen molar-refractivity contribution in [1.29, 1.82) is 5.26 Å². The van der Waals surface area contributed by atoms with Gasteiger partial charge in [0.05, 0.1) is 11.3 Å². The van der Waals surface area contributed by atoms with E-state index >= 15 is 0 Å². The van der Waals surface area contributed by atoms with E-state index in [-0.39, 0.29) is 0 Å². The maximum atomic E-state index is 8.76. The first-order valence-electron chi connectivity index (χ1n) is 3.71. The number of benzene rings is 1. The van der Waals surface area contributed by atoms with E-state index in [1.54, 1.807) is 6.07 Å². The third kappa shape index (κ3) is 1.46. The summed E-state index contributed by atoms with van der Waals surface area (Å²) >= 11 is 0. The fourth-order valence-corrected chi connectivity index (χ4v) is 1.04. The minimum Gasteiger partial charge on any atom is -0.398 e. The van der Waals surface area contributed by atoms with E-state index in [1.165, 1.54) is 0 Å². The SMILES string of the molecule is C/C=C/c1cccc(N)c1C#N. The van der Waals surface area contributed by atoms with Crippen LogP contribution in [0.5, 0.6) is 0 Å². The fraction of sp³-hybridized carbons (Fsp3) is 0.100. The van der Waals surface area contributed by atoms with Gasteiger partial charge in [0.25, 0.3) is 0 Å². The molecule has 1 aromatic rings. The molecule has 0 bridgehead atoms. The van der Waals surface area contributed by atoms with Gasteiger partial charge in [-0.15, -0.1) is 0 Å². The zero-order chi connectivity index (χ0) is 8.97. The summed E-state index contributed by atoms with van der Waals surface area (Å²) in [5, 5.41) is 8.76. The maximum absolute atomic E-state index is 8.76. The minimum atomic E-state index is 0.535. The van der Waals surface area contributed by atoms with Crippen LogP contribution in [0.3, 0.4) is 0 Å². The Kier molecular flexibility index (Phi) is 2.49. The molecule has 0 aliphatic heterocycles. The number of rotatable bonds is 1. The molecule has 1 rings (SSSR count). The van der Waals surface area contributed by atoms with Crippen molar-refractivity contribution < 1.29 is 0 Å². The van der Waals surface area contributed by atoms with Crippen LogP contribution in [0.4, 0.5) is 5.69 Å². The molecule has 0 saturated carbocycles. The predicted molar refractivity (Wildman–Crippen MR) is 50.3 cm³/mol. The first-order chi connectivity index (χ1) is 5.79. The van der Waals surface area contributed by atoms with Crippen LogP contribution >= 0.6 is 0 Å². The Balaban J connectivity index is 3.30. The Morgan fingerprint density at radius 2 is 2.25 bits per heavy atom. The van der Waals surface area contributed by atoms with E-state index in [9.17, 15) is 0 Å². The number of nitrogens with zero attached hydrogens (tertiary/aromatic N) is 1. The number of allylic oxidation sites excluding steroid dienone is 1. The number of hydrogen-bond acceptors (Lipinski definition) is 2. The van der Waals surface area contributed by atoms with E-state index in [1.807, 2.05) is 31.2 Å². The van der Waals surface area contributed by atoms with Gasteiger partial charge < -0.3 is 5.73 Å². The van der Waals surface area contributed by atoms with E-state index in [0.29, 0.717) is 11.3 Å². The molecule has 0 atom stereocenters. The lowest BCUT2D eigenvalue weighted by molar-refractivity contribution is 1.47. The summed E-state index contributed by atoms with van der Waals surface area (Å²) in [6.45, 7) is 1.91. The Hall–Kier alpha value is -1.75. The van der Waals surface area contributed by atoms with Crippen LogP contribution in [-0.2, 0) is 0 Å². The molecule has 0 aliphatic rings. The van der Waals surface area contributed by atoms with Crippen molar-refractivity contribution in [3.05, 3.63) is 35.4 Å². The van der Waals surface area contributed by atoms with E-state index < -0.39 is 0 Å². The molecule has 0 spiro atoms. The second-order valence-electron chi connectivity index (χ2n) is 2.42. The molecular formula is C10H10N2. The fourth-order valence-electron chi connectivity index (χ4n) is 1.04. The third-order valence-electron chi connectivity index (χ3n) is 1.59. The standard InChI is InChI=1S/C10H10N2/c1-2-4-8-5-3-6-10(12)9(8)7-11/h2-6H,12H2,1H3/b4-2+. The molecule has 0 aromatic heterocycles. The molecule has 2 N–H and O–H groups in total. The lowest BCUT2D eigenvalue weighted by atomic mass is 10.1. The number of anilines is 1. The van der Waals surface area contributed by atoms with Gasteiger partial charge >= 0.3 is 0 Å². The van der Waals surface area contributed by atoms with E-state index in [0.717, 1.165) is 5.56 Å². The highest BCUT2D eigenvalue weighted by molar-refractivity contribution is 5.67. The number of nitrogen functional groups attached to an aromatic ring is 1. The van der Waals surface area contributed by atoms with Gasteiger partial charge in [-0.3, -0.25) is 0 Å². The number of nitriles is 1. The van der Waals surface area contributed by atoms with Gasteiger partial charge in [0, 0.05) is 0 Å². The molecule has 12 heavy (non-hydrogen) atoms. The van der Waals surface area contributed by atoms with Crippen molar-refractivity contribution in [2.75, 3.05) is 5.73 Å². The highest BCUT2D eigenvalue weighted by Gasteiger charge is 2.00. The molecule has 1 aromatic carbocycles. The Morgan fingerprint density at radius 1 is 1.50 bits per heavy atom. The molecule has 0 fully saturated rings. The van der Waals surface area contributed by atoms with E-state index in [4.69, 9.17) is 11.0 Å². The molecule has 0 radical (unpaired) electrons. The Bertz CT molecular complexity index is 345. The summed E-state index contributed by atoms with van der Waals surface area (Å²) in [7, 11) is 0. The third-order valence-corrected chi connectivity index (χ3v) is 1.59. The average Bonchev–Trinajstić information content (AvgIpc) is 2.05. The van der Waals surface area contributed by atoms with Crippen LogP contribution in [0, 0.1) is 11.3 Å². The van der Waals surface area contributed by atoms with Crippen molar-refractivity contribution in [1.82, 2.24) is 0 Å². The monoisotopic (exact) mass is 158 g/mol. The Morgan fingerprint density at radius 3 is 2.83 bits per heavy atom. The van der Waals surface area contributed by atoms with Crippen molar-refractivity contribution in [3.63, 3.8) is 0 Å². The highest BCUT2D eigenvalue weighted by Crippen LogP contribution is 2.16. The van der Waals surface area contributed by atoms with E-state index in [2.05, 4.69) is 6.07 Å². The molecule has 0 saturated heterocycles. The second-order valence-corrected chi connectivity index (χ2v) is 2.42. The van der Waals surface area contributed by atoms with Gasteiger partial charge in [0.15, 0.2) is 0 Å². The zero-order valence-corrected chi connectivity index (χ0v) is 6.91. The van der Waals surface area contributed by atoms with Gasteiger partial charge in [-0.25, -0.2) is 0 Å². The maximum Gasteiger partial charge on any atom is 0.102 e. The normalized spacial score (nSPS) is 10.0. The van der Waals surface area contributed by atoms with Crippen LogP contribution in [0.15, 0.2) is 24.3 Å². The van der Waals surface area contributed by atoms with Crippen LogP contribution < -0.4 is 5.73 Å². The van der Waals surface area contributed by atoms with Crippen LogP contribution in [-0.4, -0.2) is 0 Å². The van der Waals surface area contributed by atoms with Crippen molar-refractivity contribution >= 4 is 11.8 Å². The molecule has 60 valence electrons. The molecule has 0 unspecified atom stereocenters. The number of hydrogen-bond donors (Lipinski definition) is 1. The topological polar surface area (TPSA) is 49.8 Å². The molecule has 2 heteroatoms. The predicted octanol–water partition coefficient (Wildman–Crippen LogP) is 2.17. The second kappa shape index (κ2) is 3.59. The van der Waals surface area contributed by atoms with Crippen molar-refractivity contribution in [2.24, 2.45) is 0 Å². The minimum absolute atomic E-state index is 0.535. The molecule has 2 nitrogen and oxygen atoms in total. The van der Waals surface area contributed by atoms with Crippen LogP contribution in [0.2, 0.25) is 0 Å². The molecule has 0 heterocycles.